The molecule has 1 heterocycles. The molecule has 0 amide bonds. The topological polar surface area (TPSA) is 64.6 Å². The summed E-state index contributed by atoms with van der Waals surface area (Å²) in [7, 11) is 1.78. The molecule has 10 heavy (non-hydrogen) atoms. The monoisotopic (exact) mass is 138 g/mol. The molecule has 1 aromatic heterocycles. The molecule has 1 rings (SSSR count). The van der Waals surface area contributed by atoms with E-state index in [-0.39, 0.29) is 0 Å². The number of aromatic amines is 1. The molecule has 1 aromatic rings. The highest BCUT2D eigenvalue weighted by Gasteiger charge is 2.03. The van der Waals surface area contributed by atoms with Gasteiger partial charge in [-0.3, -0.25) is 0 Å². The van der Waals surface area contributed by atoms with Gasteiger partial charge >= 0.3 is 0 Å². The predicted octanol–water partition coefficient (Wildman–Crippen LogP) is 0.839. The van der Waals surface area contributed by atoms with E-state index in [2.05, 4.69) is 15.3 Å². The Balaban J connectivity index is 3.01. The highest BCUT2D eigenvalue weighted by atomic mass is 15.0. The second-order valence-corrected chi connectivity index (χ2v) is 2.00. The van der Waals surface area contributed by atoms with Crippen molar-refractivity contribution in [3.8, 4) is 0 Å². The number of H-pyrrole nitrogens is 1. The average molecular weight is 138 g/mol. The third kappa shape index (κ3) is 1.00. The van der Waals surface area contributed by atoms with Crippen LogP contribution in [0.25, 0.3) is 0 Å². The van der Waals surface area contributed by atoms with Gasteiger partial charge in [-0.2, -0.15) is 0 Å². The van der Waals surface area contributed by atoms with Crippen molar-refractivity contribution in [2.75, 3.05) is 12.4 Å². The van der Waals surface area contributed by atoms with Crippen molar-refractivity contribution < 1.29 is 0 Å². The van der Waals surface area contributed by atoms with E-state index in [1.165, 1.54) is 0 Å². The fourth-order valence-electron chi connectivity index (χ4n) is 0.770. The molecule has 0 aromatic carbocycles. The maximum absolute atomic E-state index is 7.28. The van der Waals surface area contributed by atoms with Gasteiger partial charge in [0.2, 0.25) is 0 Å². The fraction of sp³-hybridized carbons (Fsp3) is 0.333. The Labute approximate surface area is 59.2 Å². The van der Waals surface area contributed by atoms with Crippen LogP contribution in [-0.2, 0) is 0 Å². The van der Waals surface area contributed by atoms with Gasteiger partial charge < -0.3 is 15.7 Å². The Morgan fingerprint density at radius 2 is 2.50 bits per heavy atom. The summed E-state index contributed by atoms with van der Waals surface area (Å²) in [4.78, 5) is 6.81. The number of hydrogen-bond acceptors (Lipinski definition) is 3. The van der Waals surface area contributed by atoms with Crippen LogP contribution in [0.1, 0.15) is 12.6 Å². The summed E-state index contributed by atoms with van der Waals surface area (Å²) in [6, 6.07) is 0. The fourth-order valence-corrected chi connectivity index (χ4v) is 0.770. The van der Waals surface area contributed by atoms with Crippen LogP contribution in [0.2, 0.25) is 0 Å². The molecular formula is C6H10N4. The standard InChI is InChI=1S/C6H10N4/c1-4(7)5-6(8-2)10-3-9-5/h3,7-8H,1-2H3,(H,9,10). The van der Waals surface area contributed by atoms with E-state index in [4.69, 9.17) is 5.41 Å². The Bertz CT molecular complexity index is 238. The third-order valence-electron chi connectivity index (χ3n) is 1.25. The smallest absolute Gasteiger partial charge is 0.153 e. The van der Waals surface area contributed by atoms with Gasteiger partial charge in [0, 0.05) is 7.05 Å². The number of imidazole rings is 1. The molecule has 54 valence electrons. The minimum atomic E-state index is 0.488. The molecule has 0 bridgehead atoms. The summed E-state index contributed by atoms with van der Waals surface area (Å²) in [6.07, 6.45) is 1.57. The molecule has 0 aliphatic heterocycles. The van der Waals surface area contributed by atoms with Crippen LogP contribution in [0.5, 0.6) is 0 Å². The molecule has 0 aliphatic rings. The van der Waals surface area contributed by atoms with E-state index in [0.29, 0.717) is 5.71 Å². The van der Waals surface area contributed by atoms with Crippen LogP contribution in [-0.4, -0.2) is 22.7 Å². The second-order valence-electron chi connectivity index (χ2n) is 2.00. The zero-order valence-electron chi connectivity index (χ0n) is 6.02. The zero-order chi connectivity index (χ0) is 7.56. The van der Waals surface area contributed by atoms with Gasteiger partial charge in [0.15, 0.2) is 5.82 Å². The van der Waals surface area contributed by atoms with E-state index in [1.807, 2.05) is 0 Å². The van der Waals surface area contributed by atoms with Crippen molar-refractivity contribution in [1.82, 2.24) is 9.97 Å². The van der Waals surface area contributed by atoms with Gasteiger partial charge in [-0.25, -0.2) is 4.98 Å². The Kier molecular flexibility index (Phi) is 1.71. The molecule has 3 N–H and O–H groups in total. The minimum Gasteiger partial charge on any atom is -0.371 e. The number of rotatable bonds is 2. The number of anilines is 1. The molecule has 0 unspecified atom stereocenters. The molecule has 4 heteroatoms. The molecule has 4 nitrogen and oxygen atoms in total. The van der Waals surface area contributed by atoms with Crippen molar-refractivity contribution in [3.63, 3.8) is 0 Å². The van der Waals surface area contributed by atoms with E-state index in [9.17, 15) is 0 Å². The van der Waals surface area contributed by atoms with Crippen LogP contribution in [0.15, 0.2) is 6.33 Å². The number of nitrogens with zero attached hydrogens (tertiary/aromatic N) is 1. The van der Waals surface area contributed by atoms with Crippen LogP contribution < -0.4 is 5.32 Å². The number of aromatic nitrogens is 2. The second kappa shape index (κ2) is 2.51. The molecule has 0 spiro atoms. The maximum Gasteiger partial charge on any atom is 0.153 e. The highest BCUT2D eigenvalue weighted by Crippen LogP contribution is 2.07. The first kappa shape index (κ1) is 6.80. The zero-order valence-corrected chi connectivity index (χ0v) is 6.02. The molecule has 0 saturated heterocycles. The van der Waals surface area contributed by atoms with E-state index in [0.717, 1.165) is 11.5 Å². The molecule has 0 fully saturated rings. The van der Waals surface area contributed by atoms with Crippen LogP contribution in [0.4, 0.5) is 5.82 Å². The van der Waals surface area contributed by atoms with Crippen molar-refractivity contribution in [2.45, 2.75) is 6.92 Å². The van der Waals surface area contributed by atoms with Gasteiger partial charge in [0.25, 0.3) is 0 Å². The van der Waals surface area contributed by atoms with Crippen molar-refractivity contribution in [3.05, 3.63) is 12.0 Å². The number of nitrogens with one attached hydrogen (secondary N) is 3. The van der Waals surface area contributed by atoms with E-state index >= 15 is 0 Å². The lowest BCUT2D eigenvalue weighted by molar-refractivity contribution is 1.29. The molecule has 0 saturated carbocycles. The van der Waals surface area contributed by atoms with Gasteiger partial charge in [-0.15, -0.1) is 0 Å². The first-order valence-electron chi connectivity index (χ1n) is 3.02. The van der Waals surface area contributed by atoms with Crippen molar-refractivity contribution in [2.24, 2.45) is 0 Å². The molecular weight excluding hydrogens is 128 g/mol. The van der Waals surface area contributed by atoms with Gasteiger partial charge in [0.05, 0.1) is 12.0 Å². The SMILES string of the molecule is CNc1nc[nH]c1C(C)=N. The first-order valence-corrected chi connectivity index (χ1v) is 3.02. The molecule has 0 radical (unpaired) electrons. The van der Waals surface area contributed by atoms with Gasteiger partial charge in [-0.1, -0.05) is 0 Å². The van der Waals surface area contributed by atoms with Gasteiger partial charge in [0.1, 0.15) is 5.69 Å². The number of hydrogen-bond donors (Lipinski definition) is 3. The third-order valence-corrected chi connectivity index (χ3v) is 1.25. The van der Waals surface area contributed by atoms with E-state index in [1.54, 1.807) is 20.3 Å². The summed E-state index contributed by atoms with van der Waals surface area (Å²) in [5.74, 6) is 0.729. The summed E-state index contributed by atoms with van der Waals surface area (Å²) in [6.45, 7) is 1.72. The minimum absolute atomic E-state index is 0.488. The largest absolute Gasteiger partial charge is 0.371 e. The van der Waals surface area contributed by atoms with Crippen LogP contribution in [0, 0.1) is 5.41 Å². The predicted molar refractivity (Wildman–Crippen MR) is 40.6 cm³/mol. The Morgan fingerprint density at radius 1 is 1.80 bits per heavy atom. The lowest BCUT2D eigenvalue weighted by Gasteiger charge is -1.96. The molecule has 0 atom stereocenters. The summed E-state index contributed by atoms with van der Waals surface area (Å²) in [5, 5.41) is 10.2. The summed E-state index contributed by atoms with van der Waals surface area (Å²) in [5.41, 5.74) is 1.24. The Hall–Kier alpha value is -1.32. The first-order chi connectivity index (χ1) is 4.75. The summed E-state index contributed by atoms with van der Waals surface area (Å²) < 4.78 is 0. The maximum atomic E-state index is 7.28. The normalized spacial score (nSPS) is 9.40. The van der Waals surface area contributed by atoms with Crippen LogP contribution >= 0.6 is 0 Å². The van der Waals surface area contributed by atoms with Crippen molar-refractivity contribution in [1.29, 1.82) is 5.41 Å². The highest BCUT2D eigenvalue weighted by molar-refractivity contribution is 5.98. The quantitative estimate of drug-likeness (QED) is 0.530. The average Bonchev–Trinajstić information content (AvgIpc) is 2.33. The lowest BCUT2D eigenvalue weighted by atomic mass is 10.3. The Morgan fingerprint density at radius 3 is 2.90 bits per heavy atom. The van der Waals surface area contributed by atoms with Gasteiger partial charge in [-0.05, 0) is 6.92 Å². The lowest BCUT2D eigenvalue weighted by Crippen LogP contribution is -1.98. The van der Waals surface area contributed by atoms with E-state index < -0.39 is 0 Å². The molecule has 0 aliphatic carbocycles. The summed E-state index contributed by atoms with van der Waals surface area (Å²) >= 11 is 0. The van der Waals surface area contributed by atoms with Crippen molar-refractivity contribution >= 4 is 11.5 Å². The van der Waals surface area contributed by atoms with Crippen LogP contribution in [0.3, 0.4) is 0 Å².